The van der Waals surface area contributed by atoms with Gasteiger partial charge in [0.25, 0.3) is 5.91 Å². The van der Waals surface area contributed by atoms with Gasteiger partial charge in [0.05, 0.1) is 11.1 Å². The molecule has 0 aliphatic carbocycles. The summed E-state index contributed by atoms with van der Waals surface area (Å²) in [5.41, 5.74) is 3.24. The number of nitrogens with one attached hydrogen (secondary N) is 1. The second-order valence-corrected chi connectivity index (χ2v) is 5.77. The van der Waals surface area contributed by atoms with Crippen LogP contribution >= 0.6 is 11.3 Å². The number of carbonyl (C=O) groups is 1. The highest BCUT2D eigenvalue weighted by Gasteiger charge is 2.13. The van der Waals surface area contributed by atoms with Crippen molar-refractivity contribution >= 4 is 39.9 Å². The molecule has 0 radical (unpaired) electrons. The summed E-state index contributed by atoms with van der Waals surface area (Å²) in [5.74, 6) is -0.113. The summed E-state index contributed by atoms with van der Waals surface area (Å²) in [4.78, 5) is 17.7. The van der Waals surface area contributed by atoms with Crippen LogP contribution in [-0.2, 0) is 0 Å². The third-order valence-corrected chi connectivity index (χ3v) is 4.26. The standard InChI is InChI=1S/C17H14N2OS/c1-3-14-11(2)21-10-15(14)17(20)19-13-6-7-16-12(9-13)5-4-8-18-16/h3-10H,1H2,2H3,(H,19,20). The number of carbonyl (C=O) groups excluding carboxylic acids is 1. The number of pyridine rings is 1. The van der Waals surface area contributed by atoms with Gasteiger partial charge in [-0.25, -0.2) is 0 Å². The fourth-order valence-electron chi connectivity index (χ4n) is 2.25. The minimum absolute atomic E-state index is 0.113. The van der Waals surface area contributed by atoms with E-state index in [2.05, 4.69) is 16.9 Å². The molecule has 4 heteroatoms. The lowest BCUT2D eigenvalue weighted by Crippen LogP contribution is -2.12. The number of thiophene rings is 1. The third kappa shape index (κ3) is 2.58. The molecule has 2 heterocycles. The zero-order valence-corrected chi connectivity index (χ0v) is 12.4. The van der Waals surface area contributed by atoms with Gasteiger partial charge < -0.3 is 5.32 Å². The molecular weight excluding hydrogens is 280 g/mol. The van der Waals surface area contributed by atoms with Gasteiger partial charge >= 0.3 is 0 Å². The Morgan fingerprint density at radius 2 is 2.24 bits per heavy atom. The zero-order chi connectivity index (χ0) is 14.8. The van der Waals surface area contributed by atoms with E-state index in [1.807, 2.05) is 42.6 Å². The molecule has 3 nitrogen and oxygen atoms in total. The van der Waals surface area contributed by atoms with Crippen molar-refractivity contribution in [3.8, 4) is 0 Å². The van der Waals surface area contributed by atoms with E-state index in [-0.39, 0.29) is 5.91 Å². The Hall–Kier alpha value is -2.46. The zero-order valence-electron chi connectivity index (χ0n) is 11.6. The van der Waals surface area contributed by atoms with Gasteiger partial charge in [-0.1, -0.05) is 18.7 Å². The van der Waals surface area contributed by atoms with Crippen molar-refractivity contribution in [1.29, 1.82) is 0 Å². The second-order valence-electron chi connectivity index (χ2n) is 4.69. The summed E-state index contributed by atoms with van der Waals surface area (Å²) in [6, 6.07) is 9.54. The van der Waals surface area contributed by atoms with Crippen LogP contribution in [0.1, 0.15) is 20.8 Å². The average molecular weight is 294 g/mol. The van der Waals surface area contributed by atoms with Gasteiger partial charge in [-0.2, -0.15) is 0 Å². The lowest BCUT2D eigenvalue weighted by molar-refractivity contribution is 0.102. The normalized spacial score (nSPS) is 10.5. The highest BCUT2D eigenvalue weighted by Crippen LogP contribution is 2.24. The Morgan fingerprint density at radius 1 is 1.38 bits per heavy atom. The first-order valence-corrected chi connectivity index (χ1v) is 7.43. The Balaban J connectivity index is 1.90. The van der Waals surface area contributed by atoms with Gasteiger partial charge in [0.2, 0.25) is 0 Å². The number of hydrogen-bond acceptors (Lipinski definition) is 3. The van der Waals surface area contributed by atoms with Gasteiger partial charge in [0.1, 0.15) is 0 Å². The van der Waals surface area contributed by atoms with Gasteiger partial charge in [0.15, 0.2) is 0 Å². The molecule has 0 aliphatic heterocycles. The van der Waals surface area contributed by atoms with Crippen LogP contribution in [0.4, 0.5) is 5.69 Å². The molecule has 21 heavy (non-hydrogen) atoms. The molecule has 0 unspecified atom stereocenters. The largest absolute Gasteiger partial charge is 0.322 e. The summed E-state index contributed by atoms with van der Waals surface area (Å²) >= 11 is 1.55. The van der Waals surface area contributed by atoms with Crippen LogP contribution in [0, 0.1) is 6.92 Å². The van der Waals surface area contributed by atoms with Crippen LogP contribution in [-0.4, -0.2) is 10.9 Å². The molecule has 3 aromatic rings. The van der Waals surface area contributed by atoms with E-state index in [0.29, 0.717) is 5.56 Å². The highest BCUT2D eigenvalue weighted by molar-refractivity contribution is 7.10. The maximum absolute atomic E-state index is 12.4. The smallest absolute Gasteiger partial charge is 0.257 e. The minimum Gasteiger partial charge on any atom is -0.322 e. The van der Waals surface area contributed by atoms with E-state index in [9.17, 15) is 4.79 Å². The van der Waals surface area contributed by atoms with Crippen molar-refractivity contribution in [3.05, 3.63) is 64.5 Å². The SMILES string of the molecule is C=Cc1c(C(=O)Nc2ccc3ncccc3c2)csc1C. The van der Waals surface area contributed by atoms with E-state index >= 15 is 0 Å². The fraction of sp³-hybridized carbons (Fsp3) is 0.0588. The number of fused-ring (bicyclic) bond motifs is 1. The third-order valence-electron chi connectivity index (χ3n) is 3.33. The minimum atomic E-state index is -0.113. The van der Waals surface area contributed by atoms with Crippen molar-refractivity contribution in [2.45, 2.75) is 6.92 Å². The predicted octanol–water partition coefficient (Wildman–Crippen LogP) is 4.50. The van der Waals surface area contributed by atoms with Gasteiger partial charge in [-0.05, 0) is 31.2 Å². The lowest BCUT2D eigenvalue weighted by atomic mass is 10.1. The fourth-order valence-corrected chi connectivity index (χ4v) is 3.09. The van der Waals surface area contributed by atoms with Crippen LogP contribution in [0.5, 0.6) is 0 Å². The van der Waals surface area contributed by atoms with E-state index in [1.165, 1.54) is 0 Å². The Bertz CT molecular complexity index is 836. The maximum atomic E-state index is 12.4. The first-order chi connectivity index (χ1) is 10.2. The van der Waals surface area contributed by atoms with Gasteiger partial charge in [-0.3, -0.25) is 9.78 Å². The molecule has 1 N–H and O–H groups in total. The molecule has 0 spiro atoms. The Morgan fingerprint density at radius 3 is 3.05 bits per heavy atom. The molecule has 0 aliphatic rings. The number of aromatic nitrogens is 1. The van der Waals surface area contributed by atoms with Crippen molar-refractivity contribution in [2.24, 2.45) is 0 Å². The van der Waals surface area contributed by atoms with Crippen LogP contribution in [0.15, 0.2) is 48.5 Å². The second kappa shape index (κ2) is 5.50. The van der Waals surface area contributed by atoms with Crippen LogP contribution in [0.25, 0.3) is 17.0 Å². The summed E-state index contributed by atoms with van der Waals surface area (Å²) in [6.45, 7) is 5.76. The molecule has 1 aromatic carbocycles. The van der Waals surface area contributed by atoms with Crippen molar-refractivity contribution < 1.29 is 4.79 Å². The predicted molar refractivity (Wildman–Crippen MR) is 88.8 cm³/mol. The molecule has 0 fully saturated rings. The number of hydrogen-bond donors (Lipinski definition) is 1. The van der Waals surface area contributed by atoms with Crippen LogP contribution < -0.4 is 5.32 Å². The number of anilines is 1. The van der Waals surface area contributed by atoms with Crippen LogP contribution in [0.3, 0.4) is 0 Å². The maximum Gasteiger partial charge on any atom is 0.257 e. The molecule has 0 saturated carbocycles. The Labute approximate surface area is 127 Å². The monoisotopic (exact) mass is 294 g/mol. The summed E-state index contributed by atoms with van der Waals surface area (Å²) in [6.07, 6.45) is 3.48. The van der Waals surface area contributed by atoms with E-state index in [4.69, 9.17) is 0 Å². The lowest BCUT2D eigenvalue weighted by Gasteiger charge is -2.06. The molecule has 1 amide bonds. The van der Waals surface area contributed by atoms with Gasteiger partial charge in [-0.15, -0.1) is 11.3 Å². The summed E-state index contributed by atoms with van der Waals surface area (Å²) < 4.78 is 0. The summed E-state index contributed by atoms with van der Waals surface area (Å²) in [5, 5.41) is 5.80. The van der Waals surface area contributed by atoms with Crippen molar-refractivity contribution in [2.75, 3.05) is 5.32 Å². The van der Waals surface area contributed by atoms with Crippen molar-refractivity contribution in [3.63, 3.8) is 0 Å². The van der Waals surface area contributed by atoms with Crippen LogP contribution in [0.2, 0.25) is 0 Å². The quantitative estimate of drug-likeness (QED) is 0.772. The molecule has 2 aromatic heterocycles. The number of nitrogens with zero attached hydrogens (tertiary/aromatic N) is 1. The topological polar surface area (TPSA) is 42.0 Å². The molecule has 0 saturated heterocycles. The first-order valence-electron chi connectivity index (χ1n) is 6.55. The molecule has 0 bridgehead atoms. The average Bonchev–Trinajstić information content (AvgIpc) is 2.88. The molecule has 0 atom stereocenters. The number of rotatable bonds is 3. The number of aryl methyl sites for hydroxylation is 1. The van der Waals surface area contributed by atoms with Gasteiger partial charge in [0, 0.05) is 33.1 Å². The first kappa shape index (κ1) is 13.5. The molecule has 104 valence electrons. The number of amides is 1. The molecule has 3 rings (SSSR count). The molecular formula is C17H14N2OS. The van der Waals surface area contributed by atoms with E-state index < -0.39 is 0 Å². The number of benzene rings is 1. The van der Waals surface area contributed by atoms with E-state index in [0.717, 1.165) is 27.0 Å². The highest BCUT2D eigenvalue weighted by atomic mass is 32.1. The Kier molecular flexibility index (Phi) is 3.54. The summed E-state index contributed by atoms with van der Waals surface area (Å²) in [7, 11) is 0. The van der Waals surface area contributed by atoms with E-state index in [1.54, 1.807) is 23.6 Å². The van der Waals surface area contributed by atoms with Crippen molar-refractivity contribution in [1.82, 2.24) is 4.98 Å².